The van der Waals surface area contributed by atoms with Gasteiger partial charge in [-0.3, -0.25) is 4.79 Å². The van der Waals surface area contributed by atoms with E-state index in [1.807, 2.05) is 49.4 Å². The normalized spacial score (nSPS) is 13.6. The van der Waals surface area contributed by atoms with Crippen molar-refractivity contribution < 1.29 is 9.90 Å². The van der Waals surface area contributed by atoms with Crippen LogP contribution in [0, 0.1) is 6.92 Å². The molecule has 0 radical (unpaired) electrons. The highest BCUT2D eigenvalue weighted by atomic mass is 32.1. The second kappa shape index (κ2) is 4.27. The Hall–Kier alpha value is -2.46. The Kier molecular flexibility index (Phi) is 2.50. The van der Waals surface area contributed by atoms with Crippen molar-refractivity contribution in [2.45, 2.75) is 6.92 Å². The first-order valence-corrected chi connectivity index (χ1v) is 7.42. The van der Waals surface area contributed by atoms with Gasteiger partial charge in [0.05, 0.1) is 16.8 Å². The van der Waals surface area contributed by atoms with Crippen molar-refractivity contribution in [1.82, 2.24) is 0 Å². The minimum absolute atomic E-state index is 0.118. The van der Waals surface area contributed by atoms with Crippen LogP contribution in [0.2, 0.25) is 0 Å². The summed E-state index contributed by atoms with van der Waals surface area (Å²) in [5.74, 6) is -0.118. The molecule has 0 bridgehead atoms. The Bertz CT molecular complexity index is 937. The van der Waals surface area contributed by atoms with E-state index < -0.39 is 0 Å². The third kappa shape index (κ3) is 1.73. The van der Waals surface area contributed by atoms with Gasteiger partial charge in [-0.2, -0.15) is 0 Å². The van der Waals surface area contributed by atoms with Gasteiger partial charge in [-0.15, -0.1) is 0 Å². The van der Waals surface area contributed by atoms with E-state index in [-0.39, 0.29) is 10.8 Å². The van der Waals surface area contributed by atoms with Crippen LogP contribution in [0.4, 0.5) is 5.69 Å². The summed E-state index contributed by atoms with van der Waals surface area (Å²) in [6, 6.07) is 13.3. The quantitative estimate of drug-likeness (QED) is 0.730. The molecule has 1 aromatic heterocycles. The summed E-state index contributed by atoms with van der Waals surface area (Å²) < 4.78 is 0.952. The zero-order valence-electron chi connectivity index (χ0n) is 11.3. The van der Waals surface area contributed by atoms with Crippen molar-refractivity contribution in [2.75, 3.05) is 0 Å². The largest absolute Gasteiger partial charge is 0.499 e. The predicted octanol–water partition coefficient (Wildman–Crippen LogP) is 4.23. The van der Waals surface area contributed by atoms with Crippen LogP contribution in [-0.4, -0.2) is 16.6 Å². The summed E-state index contributed by atoms with van der Waals surface area (Å²) in [7, 11) is 0. The van der Waals surface area contributed by atoms with E-state index in [0.717, 1.165) is 15.6 Å². The first kappa shape index (κ1) is 12.3. The van der Waals surface area contributed by atoms with Crippen LogP contribution in [0.3, 0.4) is 0 Å². The molecule has 2 heterocycles. The van der Waals surface area contributed by atoms with Crippen molar-refractivity contribution >= 4 is 38.6 Å². The number of hydrogen-bond acceptors (Lipinski definition) is 4. The number of carbonyl (C=O) groups excluding carboxylic acids is 1. The third-order valence-corrected chi connectivity index (χ3v) is 4.63. The first-order valence-electron chi connectivity index (χ1n) is 6.60. The fraction of sp³-hybridized carbons (Fsp3) is 0.0588. The molecular formula is C17H11NO2S. The van der Waals surface area contributed by atoms with Gasteiger partial charge >= 0.3 is 0 Å². The molecule has 102 valence electrons. The zero-order valence-corrected chi connectivity index (χ0v) is 12.1. The van der Waals surface area contributed by atoms with Gasteiger partial charge < -0.3 is 5.11 Å². The number of Topliss-reactive ketones (excluding diaryl/α,β-unsaturated/α-hetero) is 1. The minimum atomic E-state index is -0.118. The molecule has 0 fully saturated rings. The summed E-state index contributed by atoms with van der Waals surface area (Å²) >= 11 is 1.27. The zero-order chi connectivity index (χ0) is 14.6. The van der Waals surface area contributed by atoms with Crippen molar-refractivity contribution in [2.24, 2.45) is 4.99 Å². The number of nitrogens with zero attached hydrogens (tertiary/aromatic N) is 1. The van der Waals surface area contributed by atoms with E-state index in [9.17, 15) is 9.90 Å². The number of fused-ring (bicyclic) bond motifs is 2. The Morgan fingerprint density at radius 3 is 2.81 bits per heavy atom. The first-order chi connectivity index (χ1) is 10.1. The molecule has 2 aromatic carbocycles. The molecule has 1 aliphatic heterocycles. The number of ketones is 1. The molecule has 21 heavy (non-hydrogen) atoms. The van der Waals surface area contributed by atoms with Gasteiger partial charge in [-0.25, -0.2) is 4.99 Å². The molecule has 3 aromatic rings. The van der Waals surface area contributed by atoms with Crippen molar-refractivity contribution in [3.8, 4) is 5.06 Å². The van der Waals surface area contributed by atoms with Crippen LogP contribution in [0.25, 0.3) is 10.1 Å². The molecule has 4 heteroatoms. The summed E-state index contributed by atoms with van der Waals surface area (Å²) in [5, 5.41) is 11.2. The lowest BCUT2D eigenvalue weighted by atomic mass is 10.0. The van der Waals surface area contributed by atoms with Crippen molar-refractivity contribution in [1.29, 1.82) is 0 Å². The Labute approximate surface area is 125 Å². The van der Waals surface area contributed by atoms with Gasteiger partial charge in [0, 0.05) is 10.1 Å². The second-order valence-electron chi connectivity index (χ2n) is 5.09. The minimum Gasteiger partial charge on any atom is -0.499 e. The maximum atomic E-state index is 12.6. The molecule has 3 nitrogen and oxygen atoms in total. The summed E-state index contributed by atoms with van der Waals surface area (Å²) in [6.45, 7) is 1.95. The summed E-state index contributed by atoms with van der Waals surface area (Å²) in [5.41, 5.74) is 3.20. The number of aryl methyl sites for hydroxylation is 1. The molecule has 0 atom stereocenters. The van der Waals surface area contributed by atoms with Crippen LogP contribution >= 0.6 is 11.3 Å². The number of thiophene rings is 1. The van der Waals surface area contributed by atoms with E-state index in [1.54, 1.807) is 0 Å². The monoisotopic (exact) mass is 293 g/mol. The van der Waals surface area contributed by atoms with Gasteiger partial charge in [0.2, 0.25) is 5.78 Å². The van der Waals surface area contributed by atoms with Crippen LogP contribution in [0.1, 0.15) is 21.5 Å². The van der Waals surface area contributed by atoms with E-state index in [2.05, 4.69) is 4.99 Å². The van der Waals surface area contributed by atoms with Crippen LogP contribution < -0.4 is 0 Å². The number of rotatable bonds is 1. The molecule has 0 amide bonds. The average molecular weight is 293 g/mol. The number of carbonyl (C=O) groups is 1. The van der Waals surface area contributed by atoms with Gasteiger partial charge in [-0.1, -0.05) is 41.2 Å². The SMILES string of the molecule is Cc1ccc2c(c1)C(=O)C(c1c(O)sc3ccccc13)=N2. The third-order valence-electron chi connectivity index (χ3n) is 3.66. The fourth-order valence-electron chi connectivity index (χ4n) is 2.66. The standard InChI is InChI=1S/C17H11NO2S/c1-9-6-7-12-11(8-9)16(19)15(18-12)14-10-4-2-3-5-13(10)21-17(14)20/h2-8,20H,1H3. The summed E-state index contributed by atoms with van der Waals surface area (Å²) in [6.07, 6.45) is 0. The number of hydrogen-bond donors (Lipinski definition) is 1. The molecular weight excluding hydrogens is 282 g/mol. The summed E-state index contributed by atoms with van der Waals surface area (Å²) in [4.78, 5) is 17.0. The molecule has 0 saturated heterocycles. The molecule has 4 rings (SSSR count). The molecule has 0 saturated carbocycles. The molecule has 1 aliphatic rings. The van der Waals surface area contributed by atoms with Crippen molar-refractivity contribution in [3.63, 3.8) is 0 Å². The van der Waals surface area contributed by atoms with E-state index >= 15 is 0 Å². The smallest absolute Gasteiger partial charge is 0.214 e. The molecule has 0 unspecified atom stereocenters. The lowest BCUT2D eigenvalue weighted by molar-refractivity contribution is 0.107. The van der Waals surface area contributed by atoms with Gasteiger partial charge in [0.1, 0.15) is 5.71 Å². The van der Waals surface area contributed by atoms with Crippen molar-refractivity contribution in [3.05, 3.63) is 59.2 Å². The van der Waals surface area contributed by atoms with Crippen LogP contribution in [-0.2, 0) is 0 Å². The number of aliphatic imine (C=N–C) groups is 1. The molecule has 0 aliphatic carbocycles. The highest BCUT2D eigenvalue weighted by molar-refractivity contribution is 7.21. The number of aromatic hydroxyl groups is 1. The van der Waals surface area contributed by atoms with E-state index in [1.165, 1.54) is 11.3 Å². The predicted molar refractivity (Wildman–Crippen MR) is 85.2 cm³/mol. The lowest BCUT2D eigenvalue weighted by Gasteiger charge is -1.99. The Morgan fingerprint density at radius 2 is 1.95 bits per heavy atom. The van der Waals surface area contributed by atoms with E-state index in [0.29, 0.717) is 22.5 Å². The fourth-order valence-corrected chi connectivity index (χ4v) is 3.60. The average Bonchev–Trinajstić information content (AvgIpc) is 2.96. The lowest BCUT2D eigenvalue weighted by Crippen LogP contribution is -2.10. The van der Waals surface area contributed by atoms with Gasteiger partial charge in [0.15, 0.2) is 5.06 Å². The highest BCUT2D eigenvalue weighted by Crippen LogP contribution is 2.40. The molecule has 0 spiro atoms. The Morgan fingerprint density at radius 1 is 1.14 bits per heavy atom. The van der Waals surface area contributed by atoms with Crippen LogP contribution in [0.15, 0.2) is 47.5 Å². The highest BCUT2D eigenvalue weighted by Gasteiger charge is 2.30. The van der Waals surface area contributed by atoms with Crippen LogP contribution in [0.5, 0.6) is 5.06 Å². The van der Waals surface area contributed by atoms with E-state index in [4.69, 9.17) is 0 Å². The number of benzene rings is 2. The topological polar surface area (TPSA) is 49.7 Å². The van der Waals surface area contributed by atoms with Gasteiger partial charge in [-0.05, 0) is 25.1 Å². The second-order valence-corrected chi connectivity index (χ2v) is 6.12. The maximum Gasteiger partial charge on any atom is 0.214 e. The van der Waals surface area contributed by atoms with Gasteiger partial charge in [0.25, 0.3) is 0 Å². The molecule has 1 N–H and O–H groups in total. The Balaban J connectivity index is 1.96. The maximum absolute atomic E-state index is 12.6.